The number of benzene rings is 1. The predicted molar refractivity (Wildman–Crippen MR) is 53.8 cm³/mol. The molecule has 0 fully saturated rings. The molecule has 0 bridgehead atoms. The largest absolute Gasteiger partial charge is 0.483 e. The zero-order valence-corrected chi connectivity index (χ0v) is 8.88. The van der Waals surface area contributed by atoms with Crippen LogP contribution in [0.4, 0.5) is 8.78 Å². The van der Waals surface area contributed by atoms with Crippen LogP contribution in [0.15, 0.2) is 18.2 Å². The van der Waals surface area contributed by atoms with Gasteiger partial charge >= 0.3 is 12.0 Å². The third-order valence-electron chi connectivity index (χ3n) is 2.12. The van der Waals surface area contributed by atoms with Crippen molar-refractivity contribution in [1.29, 1.82) is 0 Å². The summed E-state index contributed by atoms with van der Waals surface area (Å²) < 4.78 is 30.3. The smallest absolute Gasteiger partial charge is 0.425 e. The molecule has 0 saturated carbocycles. The summed E-state index contributed by atoms with van der Waals surface area (Å²) >= 11 is 0. The lowest BCUT2D eigenvalue weighted by molar-refractivity contribution is -0.192. The molecule has 1 aromatic carbocycles. The van der Waals surface area contributed by atoms with E-state index in [4.69, 9.17) is 0 Å². The highest BCUT2D eigenvalue weighted by molar-refractivity contribution is 5.81. The fraction of sp³-hybridized carbons (Fsp3) is 0.300. The Morgan fingerprint density at radius 2 is 2.00 bits per heavy atom. The molecule has 0 unspecified atom stereocenters. The minimum atomic E-state index is -3.98. The summed E-state index contributed by atoms with van der Waals surface area (Å²) in [7, 11) is 0. The Hall–Kier alpha value is -1.69. The van der Waals surface area contributed by atoms with Gasteiger partial charge in [-0.1, -0.05) is 6.07 Å². The quantitative estimate of drug-likeness (QED) is 0.467. The van der Waals surface area contributed by atoms with Crippen molar-refractivity contribution in [2.75, 3.05) is 0 Å². The zero-order valence-electron chi connectivity index (χ0n) is 8.88. The number of nitrogens with one attached hydrogen (secondary N) is 1. The van der Waals surface area contributed by atoms with Crippen molar-refractivity contribution in [2.45, 2.75) is 20.0 Å². The first kappa shape index (κ1) is 12.4. The maximum Gasteiger partial charge on any atom is 0.483 e. The maximum absolute atomic E-state index is 13.0. The van der Waals surface area contributed by atoms with Gasteiger partial charge in [0, 0.05) is 0 Å². The number of carbonyl (C=O) groups is 1. The van der Waals surface area contributed by atoms with Crippen LogP contribution < -0.4 is 16.0 Å². The number of alkyl halides is 2. The van der Waals surface area contributed by atoms with Crippen molar-refractivity contribution in [3.63, 3.8) is 0 Å². The molecule has 88 valence electrons. The van der Waals surface area contributed by atoms with Crippen LogP contribution in [0, 0.1) is 13.8 Å². The second-order valence-electron chi connectivity index (χ2n) is 3.34. The van der Waals surface area contributed by atoms with Gasteiger partial charge in [-0.2, -0.15) is 8.78 Å². The number of hydrogen-bond donors (Lipinski definition) is 2. The molecule has 6 heteroatoms. The van der Waals surface area contributed by atoms with Gasteiger partial charge in [-0.3, -0.25) is 10.2 Å². The highest BCUT2D eigenvalue weighted by Crippen LogP contribution is 2.23. The number of halogens is 2. The van der Waals surface area contributed by atoms with E-state index in [0.717, 1.165) is 11.1 Å². The lowest BCUT2D eigenvalue weighted by Crippen LogP contribution is -2.47. The molecule has 0 aliphatic heterocycles. The standard InChI is InChI=1S/C10H12F2N2O2/c1-6-3-4-8(5-7(6)2)16-10(11,12)9(15)14-13/h3-5H,13H2,1-2H3,(H,14,15). The molecule has 0 aromatic heterocycles. The third-order valence-corrected chi connectivity index (χ3v) is 2.12. The molecule has 1 aromatic rings. The molecule has 0 saturated heterocycles. The number of hydrogen-bond acceptors (Lipinski definition) is 3. The van der Waals surface area contributed by atoms with Crippen molar-refractivity contribution in [3.05, 3.63) is 29.3 Å². The minimum absolute atomic E-state index is 0.0864. The summed E-state index contributed by atoms with van der Waals surface area (Å²) in [4.78, 5) is 10.7. The van der Waals surface area contributed by atoms with Crippen molar-refractivity contribution in [1.82, 2.24) is 5.43 Å². The molecule has 0 aliphatic carbocycles. The van der Waals surface area contributed by atoms with Gasteiger partial charge in [-0.05, 0) is 37.1 Å². The molecule has 4 nitrogen and oxygen atoms in total. The van der Waals surface area contributed by atoms with Crippen LogP contribution in [0.25, 0.3) is 0 Å². The molecule has 0 radical (unpaired) electrons. The van der Waals surface area contributed by atoms with E-state index < -0.39 is 12.0 Å². The van der Waals surface area contributed by atoms with E-state index in [1.807, 2.05) is 6.92 Å². The van der Waals surface area contributed by atoms with Gasteiger partial charge in [0.1, 0.15) is 5.75 Å². The van der Waals surface area contributed by atoms with Gasteiger partial charge < -0.3 is 4.74 Å². The second-order valence-corrected chi connectivity index (χ2v) is 3.34. The second kappa shape index (κ2) is 4.44. The van der Waals surface area contributed by atoms with Crippen LogP contribution in [0.3, 0.4) is 0 Å². The molecular weight excluding hydrogens is 218 g/mol. The van der Waals surface area contributed by atoms with Crippen LogP contribution >= 0.6 is 0 Å². The Morgan fingerprint density at radius 1 is 1.38 bits per heavy atom. The van der Waals surface area contributed by atoms with Crippen LogP contribution in [0.1, 0.15) is 11.1 Å². The van der Waals surface area contributed by atoms with E-state index in [9.17, 15) is 13.6 Å². The van der Waals surface area contributed by atoms with Gasteiger partial charge in [0.05, 0.1) is 0 Å². The number of amides is 1. The normalized spacial score (nSPS) is 11.1. The van der Waals surface area contributed by atoms with Crippen LogP contribution in [-0.2, 0) is 4.79 Å². The van der Waals surface area contributed by atoms with E-state index in [2.05, 4.69) is 10.6 Å². The lowest BCUT2D eigenvalue weighted by Gasteiger charge is -2.16. The van der Waals surface area contributed by atoms with Gasteiger partial charge in [0.2, 0.25) is 0 Å². The molecule has 0 spiro atoms. The Morgan fingerprint density at radius 3 is 2.50 bits per heavy atom. The molecule has 1 amide bonds. The fourth-order valence-electron chi connectivity index (χ4n) is 1.06. The van der Waals surface area contributed by atoms with Gasteiger partial charge in [-0.25, -0.2) is 5.84 Å². The minimum Gasteiger partial charge on any atom is -0.425 e. The Balaban J connectivity index is 2.88. The molecule has 0 aliphatic rings. The van der Waals surface area contributed by atoms with Crippen molar-refractivity contribution in [3.8, 4) is 5.75 Å². The van der Waals surface area contributed by atoms with Gasteiger partial charge in [-0.15, -0.1) is 0 Å². The molecule has 3 N–H and O–H groups in total. The van der Waals surface area contributed by atoms with E-state index in [0.29, 0.717) is 0 Å². The summed E-state index contributed by atoms with van der Waals surface area (Å²) in [6, 6.07) is 4.41. The fourth-order valence-corrected chi connectivity index (χ4v) is 1.06. The van der Waals surface area contributed by atoms with Crippen molar-refractivity contribution < 1.29 is 18.3 Å². The number of carbonyl (C=O) groups excluding carboxylic acids is 1. The molecule has 16 heavy (non-hydrogen) atoms. The molecule has 0 heterocycles. The van der Waals surface area contributed by atoms with E-state index in [1.165, 1.54) is 17.6 Å². The van der Waals surface area contributed by atoms with Gasteiger partial charge in [0.15, 0.2) is 0 Å². The molecule has 0 atom stereocenters. The van der Waals surface area contributed by atoms with Crippen LogP contribution in [0.5, 0.6) is 5.75 Å². The summed E-state index contributed by atoms with van der Waals surface area (Å²) in [6.07, 6.45) is -3.98. The maximum atomic E-state index is 13.0. The third kappa shape index (κ3) is 2.66. The number of aryl methyl sites for hydroxylation is 2. The number of hydrazine groups is 1. The Kier molecular flexibility index (Phi) is 3.44. The van der Waals surface area contributed by atoms with Crippen LogP contribution in [0.2, 0.25) is 0 Å². The van der Waals surface area contributed by atoms with Gasteiger partial charge in [0.25, 0.3) is 0 Å². The van der Waals surface area contributed by atoms with Crippen molar-refractivity contribution in [2.24, 2.45) is 5.84 Å². The topological polar surface area (TPSA) is 64.3 Å². The number of ether oxygens (including phenoxy) is 1. The SMILES string of the molecule is Cc1ccc(OC(F)(F)C(=O)NN)cc1C. The molecular formula is C10H12F2N2O2. The highest BCUT2D eigenvalue weighted by Gasteiger charge is 2.41. The first-order valence-corrected chi connectivity index (χ1v) is 4.52. The number of rotatable bonds is 3. The summed E-state index contributed by atoms with van der Waals surface area (Å²) in [6.45, 7) is 3.59. The summed E-state index contributed by atoms with van der Waals surface area (Å²) in [5.74, 6) is 2.83. The van der Waals surface area contributed by atoms with E-state index >= 15 is 0 Å². The predicted octanol–water partition coefficient (Wildman–Crippen LogP) is 1.26. The van der Waals surface area contributed by atoms with Crippen molar-refractivity contribution >= 4 is 5.91 Å². The lowest BCUT2D eigenvalue weighted by atomic mass is 10.1. The average molecular weight is 230 g/mol. The zero-order chi connectivity index (χ0) is 12.3. The molecule has 1 rings (SSSR count). The first-order chi connectivity index (χ1) is 7.36. The number of nitrogens with two attached hydrogens (primary N) is 1. The van der Waals surface area contributed by atoms with E-state index in [1.54, 1.807) is 13.0 Å². The first-order valence-electron chi connectivity index (χ1n) is 4.52. The highest BCUT2D eigenvalue weighted by atomic mass is 19.3. The van der Waals surface area contributed by atoms with Crippen LogP contribution in [-0.4, -0.2) is 12.0 Å². The summed E-state index contributed by atoms with van der Waals surface area (Å²) in [5, 5.41) is 0. The monoisotopic (exact) mass is 230 g/mol. The van der Waals surface area contributed by atoms with E-state index in [-0.39, 0.29) is 5.75 Å². The average Bonchev–Trinajstić information content (AvgIpc) is 2.22. The Bertz CT molecular complexity index is 408. The summed E-state index contributed by atoms with van der Waals surface area (Å²) in [5.41, 5.74) is 3.07. The Labute approximate surface area is 91.4 Å².